The number of imide groups is 1. The molecule has 3 aliphatic rings. The summed E-state index contributed by atoms with van der Waals surface area (Å²) in [5.74, 6) is -6.16. The first-order valence-corrected chi connectivity index (χ1v) is 24.7. The molecule has 72 heavy (non-hydrogen) atoms. The lowest BCUT2D eigenvalue weighted by atomic mass is 9.88. The summed E-state index contributed by atoms with van der Waals surface area (Å²) in [6.45, 7) is 2.45. The Morgan fingerprint density at radius 2 is 1.76 bits per heavy atom. The third-order valence-electron chi connectivity index (χ3n) is 13.9. The van der Waals surface area contributed by atoms with Crippen LogP contribution in [0.1, 0.15) is 81.3 Å². The van der Waals surface area contributed by atoms with Gasteiger partial charge in [0.1, 0.15) is 11.6 Å². The lowest BCUT2D eigenvalue weighted by Gasteiger charge is -2.38. The van der Waals surface area contributed by atoms with Gasteiger partial charge in [-0.15, -0.1) is 0 Å². The standard InChI is InChI=1S/C53H51F2N9O7S/c1-30-34(35-17-19-44(58-48(35)51(69)70)64-24-21-31-8-5-11-36(39(31)27-64)49(67)60-52-57-40-12-3-4-14-43(40)72-52)10-6-13-42(30)71-25-7-9-32-22-23-63(29-53(32,54)55)28-46(66)56-33-15-16-37-41(26-33)62(2)61-47(37)38-18-20-45(65)59-50(38)68/h3-6,8,10-17,19,26,32,38H,7,9,18,20-25,27-29H2,1-2H3,(H,56,66)(H,69,70)(H,57,60,67)(H,59,65,68). The van der Waals surface area contributed by atoms with Gasteiger partial charge in [0.2, 0.25) is 17.7 Å². The largest absolute Gasteiger partial charge is 0.493 e. The number of thiazole rings is 1. The number of nitrogens with zero attached hydrogens (tertiary/aromatic N) is 6. The number of pyridine rings is 1. The fourth-order valence-electron chi connectivity index (χ4n) is 10.2. The average molecular weight is 996 g/mol. The van der Waals surface area contributed by atoms with E-state index in [0.29, 0.717) is 94.7 Å². The molecule has 4 amide bonds. The maximum atomic E-state index is 15.6. The molecule has 7 aromatic rings. The highest BCUT2D eigenvalue weighted by Gasteiger charge is 2.44. The monoisotopic (exact) mass is 995 g/mol. The van der Waals surface area contributed by atoms with Crippen LogP contribution in [0.2, 0.25) is 0 Å². The Morgan fingerprint density at radius 3 is 2.57 bits per heavy atom. The van der Waals surface area contributed by atoms with Crippen molar-refractivity contribution in [2.75, 3.05) is 48.3 Å². The van der Waals surface area contributed by atoms with E-state index in [0.717, 1.165) is 26.7 Å². The van der Waals surface area contributed by atoms with Gasteiger partial charge in [0, 0.05) is 54.7 Å². The Bertz CT molecular complexity index is 3270. The molecule has 6 heterocycles. The number of fused-ring (bicyclic) bond motifs is 3. The van der Waals surface area contributed by atoms with Gasteiger partial charge in [0.05, 0.1) is 47.0 Å². The zero-order valence-electron chi connectivity index (χ0n) is 39.5. The number of aromatic carboxylic acids is 1. The number of carboxylic acid groups (broad SMARTS) is 1. The second-order valence-corrected chi connectivity index (χ2v) is 19.6. The number of alkyl halides is 2. The van der Waals surface area contributed by atoms with Gasteiger partial charge in [-0.3, -0.25) is 39.4 Å². The number of hydrogen-bond acceptors (Lipinski definition) is 12. The molecule has 3 aromatic heterocycles. The number of aryl methyl sites for hydroxylation is 1. The Hall–Kier alpha value is -7.64. The van der Waals surface area contributed by atoms with E-state index in [4.69, 9.17) is 4.74 Å². The Morgan fingerprint density at radius 1 is 0.931 bits per heavy atom. The van der Waals surface area contributed by atoms with Crippen molar-refractivity contribution >= 4 is 78.7 Å². The smallest absolute Gasteiger partial charge is 0.355 e. The number of likely N-dealkylation sites (tertiary alicyclic amines) is 1. The number of halogens is 2. The third kappa shape index (κ3) is 9.85. The number of ether oxygens (including phenoxy) is 1. The molecule has 0 aliphatic carbocycles. The minimum atomic E-state index is -3.03. The van der Waals surface area contributed by atoms with Crippen molar-refractivity contribution in [2.24, 2.45) is 13.0 Å². The molecule has 3 aliphatic heterocycles. The summed E-state index contributed by atoms with van der Waals surface area (Å²) in [5.41, 5.74) is 6.43. The topological polar surface area (TPSA) is 201 Å². The van der Waals surface area contributed by atoms with Crippen molar-refractivity contribution in [3.8, 4) is 16.9 Å². The maximum Gasteiger partial charge on any atom is 0.355 e. The van der Waals surface area contributed by atoms with Crippen molar-refractivity contribution in [3.63, 3.8) is 0 Å². The zero-order chi connectivity index (χ0) is 50.3. The van der Waals surface area contributed by atoms with Crippen LogP contribution in [0, 0.1) is 12.8 Å². The highest BCUT2D eigenvalue weighted by molar-refractivity contribution is 7.22. The molecule has 4 aromatic carbocycles. The van der Waals surface area contributed by atoms with E-state index in [9.17, 15) is 29.1 Å². The molecule has 16 nitrogen and oxygen atoms in total. The van der Waals surface area contributed by atoms with E-state index >= 15 is 8.78 Å². The van der Waals surface area contributed by atoms with E-state index < -0.39 is 42.1 Å². The summed E-state index contributed by atoms with van der Waals surface area (Å²) < 4.78 is 39.9. The number of nitrogens with one attached hydrogen (secondary N) is 3. The molecular weight excluding hydrogens is 945 g/mol. The third-order valence-corrected chi connectivity index (χ3v) is 14.8. The van der Waals surface area contributed by atoms with Crippen molar-refractivity contribution in [2.45, 2.75) is 63.8 Å². The quantitative estimate of drug-likeness (QED) is 0.0601. The highest BCUT2D eigenvalue weighted by Crippen LogP contribution is 2.38. The number of carboxylic acids is 1. The molecule has 2 atom stereocenters. The zero-order valence-corrected chi connectivity index (χ0v) is 40.4. The minimum Gasteiger partial charge on any atom is -0.493 e. The van der Waals surface area contributed by atoms with Crippen LogP contribution in [0.15, 0.2) is 91.0 Å². The number of piperidine rings is 2. The van der Waals surface area contributed by atoms with Crippen molar-refractivity contribution in [1.82, 2.24) is 30.0 Å². The molecule has 19 heteroatoms. The van der Waals surface area contributed by atoms with E-state index in [-0.39, 0.29) is 49.9 Å². The fourth-order valence-corrected chi connectivity index (χ4v) is 11.0. The number of benzene rings is 4. The number of anilines is 3. The summed E-state index contributed by atoms with van der Waals surface area (Å²) in [6, 6.07) is 27.3. The second-order valence-electron chi connectivity index (χ2n) is 18.6. The lowest BCUT2D eigenvalue weighted by molar-refractivity contribution is -0.134. The van der Waals surface area contributed by atoms with Crippen LogP contribution in [0.4, 0.5) is 25.4 Å². The van der Waals surface area contributed by atoms with Gasteiger partial charge >= 0.3 is 5.97 Å². The van der Waals surface area contributed by atoms with Crippen LogP contribution in [0.5, 0.6) is 5.75 Å². The lowest BCUT2D eigenvalue weighted by Crippen LogP contribution is -2.50. The number of rotatable bonds is 14. The Balaban J connectivity index is 0.729. The highest BCUT2D eigenvalue weighted by atomic mass is 32.1. The van der Waals surface area contributed by atoms with Crippen LogP contribution in [0.25, 0.3) is 32.2 Å². The molecule has 10 rings (SSSR count). The second kappa shape index (κ2) is 19.9. The summed E-state index contributed by atoms with van der Waals surface area (Å²) >= 11 is 1.40. The normalized spacial score (nSPS) is 17.9. The van der Waals surface area contributed by atoms with E-state index in [1.165, 1.54) is 16.2 Å². The van der Waals surface area contributed by atoms with Gasteiger partial charge in [0.15, 0.2) is 10.8 Å². The molecule has 0 saturated carbocycles. The molecule has 370 valence electrons. The van der Waals surface area contributed by atoms with Crippen LogP contribution in [-0.4, -0.2) is 98.1 Å². The van der Waals surface area contributed by atoms with Gasteiger partial charge in [-0.1, -0.05) is 47.7 Å². The van der Waals surface area contributed by atoms with Crippen LogP contribution < -0.4 is 25.6 Å². The fraction of sp³-hybridized carbons (Fsp3) is 0.321. The van der Waals surface area contributed by atoms with E-state index in [1.54, 1.807) is 66.3 Å². The van der Waals surface area contributed by atoms with Crippen molar-refractivity contribution < 1.29 is 42.6 Å². The molecule has 0 bridgehead atoms. The predicted molar refractivity (Wildman–Crippen MR) is 269 cm³/mol. The number of amides is 4. The van der Waals surface area contributed by atoms with Crippen molar-refractivity contribution in [3.05, 3.63) is 125 Å². The van der Waals surface area contributed by atoms with Gasteiger partial charge in [-0.05, 0) is 122 Å². The van der Waals surface area contributed by atoms with Crippen LogP contribution in [0.3, 0.4) is 0 Å². The summed E-state index contributed by atoms with van der Waals surface area (Å²) in [4.78, 5) is 76.4. The maximum absolute atomic E-state index is 15.6. The molecule has 2 unspecified atom stereocenters. The molecule has 4 N–H and O–H groups in total. The Kier molecular flexibility index (Phi) is 13.2. The van der Waals surface area contributed by atoms with Gasteiger partial charge in [0.25, 0.3) is 11.8 Å². The van der Waals surface area contributed by atoms with Crippen molar-refractivity contribution in [1.29, 1.82) is 0 Å². The number of para-hydroxylation sites is 1. The van der Waals surface area contributed by atoms with E-state index in [2.05, 4.69) is 31.0 Å². The van der Waals surface area contributed by atoms with Gasteiger partial charge < -0.3 is 20.1 Å². The molecule has 2 saturated heterocycles. The van der Waals surface area contributed by atoms with E-state index in [1.807, 2.05) is 48.2 Å². The Labute approximate surface area is 416 Å². The summed E-state index contributed by atoms with van der Waals surface area (Å²) in [7, 11) is 1.72. The summed E-state index contributed by atoms with van der Waals surface area (Å²) in [6.07, 6.45) is 1.96. The first-order chi connectivity index (χ1) is 34.7. The molecular formula is C53H51F2N9O7S. The minimum absolute atomic E-state index is 0.139. The molecule has 0 spiro atoms. The van der Waals surface area contributed by atoms with Crippen LogP contribution >= 0.6 is 11.3 Å². The number of aromatic nitrogens is 4. The van der Waals surface area contributed by atoms with Gasteiger partial charge in [-0.25, -0.2) is 23.5 Å². The van der Waals surface area contributed by atoms with Gasteiger partial charge in [-0.2, -0.15) is 5.10 Å². The molecule has 0 radical (unpaired) electrons. The molecule has 2 fully saturated rings. The first-order valence-electron chi connectivity index (χ1n) is 23.9. The summed E-state index contributed by atoms with van der Waals surface area (Å²) in [5, 5.41) is 24.3. The SMILES string of the molecule is Cc1c(OCCCC2CCN(CC(=O)Nc3ccc4c(C5CCC(=O)NC5=O)nn(C)c4c3)CC2(F)F)cccc1-c1ccc(N2CCc3cccc(C(=O)Nc4nc5ccccc5s4)c3C2)nc1C(=O)O. The number of hydrogen-bond donors (Lipinski definition) is 4. The average Bonchev–Trinajstić information content (AvgIpc) is 3.92. The van der Waals surface area contributed by atoms with Crippen LogP contribution in [-0.2, 0) is 34.4 Å². The first kappa shape index (κ1) is 48.0. The number of carbonyl (C=O) groups is 5. The number of carbonyl (C=O) groups excluding carboxylic acids is 4. The predicted octanol–water partition coefficient (Wildman–Crippen LogP) is 8.34.